The second-order valence-electron chi connectivity index (χ2n) is 6.42. The van der Waals surface area contributed by atoms with Crippen LogP contribution in [0.3, 0.4) is 0 Å². The van der Waals surface area contributed by atoms with Crippen LogP contribution < -0.4 is 9.04 Å². The van der Waals surface area contributed by atoms with Crippen molar-refractivity contribution >= 4 is 21.7 Å². The number of ether oxygens (including phenoxy) is 2. The van der Waals surface area contributed by atoms with Crippen molar-refractivity contribution in [2.75, 3.05) is 18.0 Å². The molecule has 0 radical (unpaired) electrons. The van der Waals surface area contributed by atoms with Crippen LogP contribution in [0.15, 0.2) is 71.9 Å². The molecule has 0 spiro atoms. The Labute approximate surface area is 175 Å². The molecule has 0 saturated heterocycles. The van der Waals surface area contributed by atoms with Crippen molar-refractivity contribution in [2.45, 2.75) is 18.7 Å². The average molecular weight is 426 g/mol. The summed E-state index contributed by atoms with van der Waals surface area (Å²) in [4.78, 5) is 16.0. The monoisotopic (exact) mass is 426 g/mol. The van der Waals surface area contributed by atoms with E-state index in [9.17, 15) is 13.2 Å². The van der Waals surface area contributed by atoms with Gasteiger partial charge in [-0.25, -0.2) is 13.2 Å². The molecule has 0 atom stereocenters. The van der Waals surface area contributed by atoms with E-state index in [-0.39, 0.29) is 17.0 Å². The highest BCUT2D eigenvalue weighted by molar-refractivity contribution is 7.92. The summed E-state index contributed by atoms with van der Waals surface area (Å²) in [7, 11) is -2.62. The number of hydrogen-bond acceptors (Lipinski definition) is 6. The molecular formula is C22H22N2O5S. The molecule has 3 aromatic rings. The van der Waals surface area contributed by atoms with Crippen molar-refractivity contribution < 1.29 is 22.7 Å². The molecule has 3 rings (SSSR count). The van der Waals surface area contributed by atoms with Gasteiger partial charge in [0.2, 0.25) is 0 Å². The second-order valence-corrected chi connectivity index (χ2v) is 8.29. The Morgan fingerprint density at radius 1 is 1.07 bits per heavy atom. The fourth-order valence-electron chi connectivity index (χ4n) is 2.93. The van der Waals surface area contributed by atoms with Gasteiger partial charge in [0, 0.05) is 12.7 Å². The molecular weight excluding hydrogens is 404 g/mol. The molecule has 1 aromatic heterocycles. The Hall–Kier alpha value is -3.39. The lowest BCUT2D eigenvalue weighted by Crippen LogP contribution is -2.31. The zero-order valence-electron chi connectivity index (χ0n) is 16.9. The molecule has 8 heteroatoms. The van der Waals surface area contributed by atoms with Crippen LogP contribution in [-0.4, -0.2) is 33.0 Å². The summed E-state index contributed by atoms with van der Waals surface area (Å²) in [6, 6.07) is 14.7. The van der Waals surface area contributed by atoms with Gasteiger partial charge in [-0.1, -0.05) is 6.07 Å². The fourth-order valence-corrected chi connectivity index (χ4v) is 4.43. The van der Waals surface area contributed by atoms with Gasteiger partial charge in [0.05, 0.1) is 29.5 Å². The number of methoxy groups -OCH3 is 1. The van der Waals surface area contributed by atoms with Crippen LogP contribution in [0.5, 0.6) is 11.5 Å². The van der Waals surface area contributed by atoms with Crippen molar-refractivity contribution in [3.05, 3.63) is 78.1 Å². The lowest BCUT2D eigenvalue weighted by molar-refractivity contribution is 0.0599. The van der Waals surface area contributed by atoms with Gasteiger partial charge in [-0.15, -0.1) is 0 Å². The Balaban J connectivity index is 1.90. The summed E-state index contributed by atoms with van der Waals surface area (Å²) in [5, 5.41) is 0. The van der Waals surface area contributed by atoms with Crippen molar-refractivity contribution in [3.8, 4) is 11.5 Å². The van der Waals surface area contributed by atoms with Gasteiger partial charge >= 0.3 is 5.97 Å². The quantitative estimate of drug-likeness (QED) is 0.527. The highest BCUT2D eigenvalue weighted by atomic mass is 32.2. The molecule has 156 valence electrons. The minimum Gasteiger partial charge on any atom is -0.465 e. The minimum absolute atomic E-state index is 0.0195. The number of benzene rings is 2. The average Bonchev–Trinajstić information content (AvgIpc) is 2.75. The largest absolute Gasteiger partial charge is 0.465 e. The third-order valence-electron chi connectivity index (χ3n) is 4.48. The van der Waals surface area contributed by atoms with E-state index in [0.717, 1.165) is 0 Å². The predicted molar refractivity (Wildman–Crippen MR) is 113 cm³/mol. The number of aromatic nitrogens is 1. The summed E-state index contributed by atoms with van der Waals surface area (Å²) in [6.45, 7) is 3.68. The third-order valence-corrected chi connectivity index (χ3v) is 6.38. The first-order valence-electron chi connectivity index (χ1n) is 9.26. The molecule has 0 fully saturated rings. The number of esters is 1. The predicted octanol–water partition coefficient (Wildman–Crippen LogP) is 4.18. The zero-order valence-corrected chi connectivity index (χ0v) is 17.7. The highest BCUT2D eigenvalue weighted by Gasteiger charge is 2.25. The van der Waals surface area contributed by atoms with Crippen LogP contribution in [0.1, 0.15) is 22.8 Å². The van der Waals surface area contributed by atoms with E-state index < -0.39 is 16.0 Å². The molecule has 0 aliphatic rings. The summed E-state index contributed by atoms with van der Waals surface area (Å²) >= 11 is 0. The van der Waals surface area contributed by atoms with E-state index in [2.05, 4.69) is 4.98 Å². The minimum atomic E-state index is -3.88. The number of hydrogen-bond donors (Lipinski definition) is 0. The summed E-state index contributed by atoms with van der Waals surface area (Å²) in [5.74, 6) is 0.563. The molecule has 0 saturated carbocycles. The van der Waals surface area contributed by atoms with Crippen LogP contribution in [-0.2, 0) is 14.8 Å². The SMILES string of the molecule is CCN(c1ccc(Oc2cccnc2)cc1)S(=O)(=O)c1ccc(C)c(C(=O)OC)c1. The van der Waals surface area contributed by atoms with Gasteiger partial charge in [-0.3, -0.25) is 9.29 Å². The van der Waals surface area contributed by atoms with E-state index in [4.69, 9.17) is 9.47 Å². The summed E-state index contributed by atoms with van der Waals surface area (Å²) in [6.07, 6.45) is 3.24. The van der Waals surface area contributed by atoms with Crippen LogP contribution >= 0.6 is 0 Å². The topological polar surface area (TPSA) is 85.8 Å². The van der Waals surface area contributed by atoms with Crippen LogP contribution in [0.25, 0.3) is 0 Å². The lowest BCUT2D eigenvalue weighted by Gasteiger charge is -2.23. The van der Waals surface area contributed by atoms with Gasteiger partial charge in [0.1, 0.15) is 11.5 Å². The fraction of sp³-hybridized carbons (Fsp3) is 0.182. The Morgan fingerprint density at radius 2 is 1.80 bits per heavy atom. The van der Waals surface area contributed by atoms with Gasteiger partial charge in [0.25, 0.3) is 10.0 Å². The first kappa shape index (κ1) is 21.3. The van der Waals surface area contributed by atoms with Crippen molar-refractivity contribution in [2.24, 2.45) is 0 Å². The first-order chi connectivity index (χ1) is 14.4. The van der Waals surface area contributed by atoms with Gasteiger partial charge < -0.3 is 9.47 Å². The Bertz CT molecular complexity index is 1130. The number of carbonyl (C=O) groups excluding carboxylic acids is 1. The molecule has 30 heavy (non-hydrogen) atoms. The highest BCUT2D eigenvalue weighted by Crippen LogP contribution is 2.28. The maximum absolute atomic E-state index is 13.2. The molecule has 0 aliphatic heterocycles. The van der Waals surface area contributed by atoms with Crippen LogP contribution in [0.4, 0.5) is 5.69 Å². The maximum Gasteiger partial charge on any atom is 0.338 e. The molecule has 0 aliphatic carbocycles. The molecule has 0 bridgehead atoms. The second kappa shape index (κ2) is 8.96. The molecule has 7 nitrogen and oxygen atoms in total. The van der Waals surface area contributed by atoms with E-state index >= 15 is 0 Å². The van der Waals surface area contributed by atoms with Crippen LogP contribution in [0, 0.1) is 6.92 Å². The number of sulfonamides is 1. The van der Waals surface area contributed by atoms with Crippen molar-refractivity contribution in [1.29, 1.82) is 0 Å². The van der Waals surface area contributed by atoms with E-state index in [1.54, 1.807) is 68.7 Å². The number of aryl methyl sites for hydroxylation is 1. The smallest absolute Gasteiger partial charge is 0.338 e. The molecule has 0 unspecified atom stereocenters. The van der Waals surface area contributed by atoms with Crippen LogP contribution in [0.2, 0.25) is 0 Å². The number of pyridine rings is 1. The summed E-state index contributed by atoms with van der Waals surface area (Å²) < 4.78 is 38.2. The number of anilines is 1. The van der Waals surface area contributed by atoms with E-state index in [1.165, 1.54) is 23.5 Å². The number of nitrogens with zero attached hydrogens (tertiary/aromatic N) is 2. The first-order valence-corrected chi connectivity index (χ1v) is 10.7. The van der Waals surface area contributed by atoms with E-state index in [1.807, 2.05) is 0 Å². The van der Waals surface area contributed by atoms with Gasteiger partial charge in [-0.2, -0.15) is 0 Å². The third kappa shape index (κ3) is 4.44. The Morgan fingerprint density at radius 3 is 2.40 bits per heavy atom. The maximum atomic E-state index is 13.2. The Kier molecular flexibility index (Phi) is 6.37. The molecule has 0 amide bonds. The molecule has 1 heterocycles. The zero-order chi connectivity index (χ0) is 21.7. The standard InChI is InChI=1S/C22H22N2O5S/c1-4-24(17-8-10-18(11-9-17)29-19-6-5-13-23-15-19)30(26,27)20-12-7-16(2)21(14-20)22(25)28-3/h5-15H,4H2,1-3H3. The molecule has 0 N–H and O–H groups in total. The van der Waals surface area contributed by atoms with Gasteiger partial charge in [0.15, 0.2) is 0 Å². The van der Waals surface area contributed by atoms with Crippen molar-refractivity contribution in [1.82, 2.24) is 4.98 Å². The number of rotatable bonds is 7. The molecule has 2 aromatic carbocycles. The van der Waals surface area contributed by atoms with Crippen molar-refractivity contribution in [3.63, 3.8) is 0 Å². The normalized spacial score (nSPS) is 11.0. The lowest BCUT2D eigenvalue weighted by atomic mass is 10.1. The number of carbonyl (C=O) groups is 1. The van der Waals surface area contributed by atoms with E-state index in [0.29, 0.717) is 22.7 Å². The van der Waals surface area contributed by atoms with Gasteiger partial charge in [-0.05, 0) is 67.9 Å². The summed E-state index contributed by atoms with van der Waals surface area (Å²) in [5.41, 5.74) is 1.34.